The first-order valence-electron chi connectivity index (χ1n) is 6.55. The largest absolute Gasteiger partial charge is 0.550 e. The highest BCUT2D eigenvalue weighted by Crippen LogP contribution is 2.12. The molecule has 0 amide bonds. The molecule has 0 radical (unpaired) electrons. The van der Waals surface area contributed by atoms with Crippen molar-refractivity contribution in [1.29, 1.82) is 0 Å². The predicted octanol–water partition coefficient (Wildman–Crippen LogP) is 1.47. The van der Waals surface area contributed by atoms with Gasteiger partial charge in [0.2, 0.25) is 0 Å². The van der Waals surface area contributed by atoms with E-state index in [1.165, 1.54) is 5.56 Å². The second kappa shape index (κ2) is 8.29. The number of ether oxygens (including phenoxy) is 1. The molecule has 1 rings (SSSR count). The average molecular weight is 263 g/mol. The molecule has 0 bridgehead atoms. The van der Waals surface area contributed by atoms with E-state index in [9.17, 15) is 14.7 Å². The number of benzene rings is 1. The number of carboxylic acids is 1. The average Bonchev–Trinajstić information content (AvgIpc) is 2.36. The second-order valence-electron chi connectivity index (χ2n) is 4.47. The number of carboxylic acid groups (broad SMARTS) is 1. The third-order valence-corrected chi connectivity index (χ3v) is 2.80. The Labute approximate surface area is 113 Å². The summed E-state index contributed by atoms with van der Waals surface area (Å²) in [5, 5.41) is 10.3. The summed E-state index contributed by atoms with van der Waals surface area (Å²) in [5.41, 5.74) is 1.18. The quantitative estimate of drug-likeness (QED) is 0.526. The van der Waals surface area contributed by atoms with Crippen molar-refractivity contribution in [1.82, 2.24) is 0 Å². The lowest BCUT2D eigenvalue weighted by molar-refractivity contribution is -0.305. The Morgan fingerprint density at radius 2 is 1.89 bits per heavy atom. The van der Waals surface area contributed by atoms with Gasteiger partial charge in [-0.15, -0.1) is 0 Å². The molecule has 4 heteroatoms. The summed E-state index contributed by atoms with van der Waals surface area (Å²) in [6.45, 7) is 2.00. The van der Waals surface area contributed by atoms with Crippen molar-refractivity contribution < 1.29 is 19.4 Å². The summed E-state index contributed by atoms with van der Waals surface area (Å²) >= 11 is 0. The van der Waals surface area contributed by atoms with Crippen LogP contribution >= 0.6 is 0 Å². The van der Waals surface area contributed by atoms with E-state index in [1.807, 2.05) is 37.3 Å². The van der Waals surface area contributed by atoms with Crippen molar-refractivity contribution in [3.05, 3.63) is 35.9 Å². The van der Waals surface area contributed by atoms with Crippen LogP contribution in [0, 0.1) is 0 Å². The zero-order chi connectivity index (χ0) is 14.1. The Hall–Kier alpha value is -1.84. The number of esters is 1. The van der Waals surface area contributed by atoms with Crippen LogP contribution in [0.5, 0.6) is 0 Å². The first-order valence-corrected chi connectivity index (χ1v) is 6.55. The predicted molar refractivity (Wildman–Crippen MR) is 69.2 cm³/mol. The van der Waals surface area contributed by atoms with Crippen molar-refractivity contribution in [2.75, 3.05) is 0 Å². The Morgan fingerprint density at radius 3 is 2.47 bits per heavy atom. The maximum atomic E-state index is 11.3. The molecule has 104 valence electrons. The normalized spacial score (nSPS) is 11.8. The molecule has 4 nitrogen and oxygen atoms in total. The van der Waals surface area contributed by atoms with Gasteiger partial charge in [0, 0.05) is 0 Å². The lowest BCUT2D eigenvalue weighted by Crippen LogP contribution is -2.28. The lowest BCUT2D eigenvalue weighted by Gasteiger charge is -2.17. The third kappa shape index (κ3) is 6.60. The number of hydrogen-bond acceptors (Lipinski definition) is 4. The molecule has 0 saturated carbocycles. The minimum absolute atomic E-state index is 0.225. The molecule has 1 aromatic rings. The summed E-state index contributed by atoms with van der Waals surface area (Å²) in [6.07, 6.45) is 2.24. The number of aliphatic carboxylic acids is 1. The van der Waals surface area contributed by atoms with Crippen LogP contribution in [0.15, 0.2) is 30.3 Å². The molecule has 0 heterocycles. The number of carbonyl (C=O) groups is 2. The number of rotatable bonds is 8. The van der Waals surface area contributed by atoms with E-state index in [2.05, 4.69) is 0 Å². The molecule has 0 N–H and O–H groups in total. The fourth-order valence-corrected chi connectivity index (χ4v) is 1.90. The van der Waals surface area contributed by atoms with Crippen molar-refractivity contribution in [2.24, 2.45) is 0 Å². The van der Waals surface area contributed by atoms with E-state index in [1.54, 1.807) is 0 Å². The van der Waals surface area contributed by atoms with Gasteiger partial charge in [-0.25, -0.2) is 0 Å². The molecule has 19 heavy (non-hydrogen) atoms. The van der Waals surface area contributed by atoms with Crippen molar-refractivity contribution >= 4 is 11.9 Å². The number of hydrogen-bond donors (Lipinski definition) is 0. The van der Waals surface area contributed by atoms with Crippen LogP contribution in [-0.2, 0) is 20.7 Å². The molecule has 0 spiro atoms. The third-order valence-electron chi connectivity index (χ3n) is 2.80. The molecule has 0 fully saturated rings. The van der Waals surface area contributed by atoms with E-state index in [-0.39, 0.29) is 6.10 Å². The van der Waals surface area contributed by atoms with Crippen LogP contribution in [0.3, 0.4) is 0 Å². The van der Waals surface area contributed by atoms with Crippen LogP contribution in [0.2, 0.25) is 0 Å². The summed E-state index contributed by atoms with van der Waals surface area (Å²) in [6, 6.07) is 9.92. The van der Waals surface area contributed by atoms with E-state index in [0.29, 0.717) is 6.42 Å². The SMILES string of the molecule is CCCC(CCc1ccccc1)OC(=O)CC(=O)[O-]. The smallest absolute Gasteiger partial charge is 0.311 e. The Morgan fingerprint density at radius 1 is 1.21 bits per heavy atom. The van der Waals surface area contributed by atoms with Gasteiger partial charge in [-0.05, 0) is 24.8 Å². The minimum atomic E-state index is -1.40. The topological polar surface area (TPSA) is 66.4 Å². The van der Waals surface area contributed by atoms with E-state index < -0.39 is 18.4 Å². The molecule has 1 atom stereocenters. The van der Waals surface area contributed by atoms with Gasteiger partial charge in [0.15, 0.2) is 0 Å². The summed E-state index contributed by atoms with van der Waals surface area (Å²) in [5.74, 6) is -2.12. The molecule has 1 unspecified atom stereocenters. The highest BCUT2D eigenvalue weighted by atomic mass is 16.5. The minimum Gasteiger partial charge on any atom is -0.550 e. The van der Waals surface area contributed by atoms with Crippen LogP contribution in [0.1, 0.15) is 38.2 Å². The molecule has 0 saturated heterocycles. The molecular weight excluding hydrogens is 244 g/mol. The van der Waals surface area contributed by atoms with Crippen molar-refractivity contribution in [3.8, 4) is 0 Å². The van der Waals surface area contributed by atoms with Gasteiger partial charge in [0.25, 0.3) is 0 Å². The maximum absolute atomic E-state index is 11.3. The Kier molecular flexibility index (Phi) is 6.64. The summed E-state index contributed by atoms with van der Waals surface area (Å²) in [4.78, 5) is 21.6. The van der Waals surface area contributed by atoms with E-state index >= 15 is 0 Å². The van der Waals surface area contributed by atoms with Crippen LogP contribution in [0.4, 0.5) is 0 Å². The zero-order valence-electron chi connectivity index (χ0n) is 11.1. The molecule has 0 aliphatic heterocycles. The van der Waals surface area contributed by atoms with Gasteiger partial charge >= 0.3 is 5.97 Å². The standard InChI is InChI=1S/C15H20O4/c1-2-6-13(19-15(18)11-14(16)17)10-9-12-7-4-3-5-8-12/h3-5,7-8,13H,2,6,9-11H2,1H3,(H,16,17)/p-1. The molecule has 0 aliphatic carbocycles. The summed E-state index contributed by atoms with van der Waals surface area (Å²) < 4.78 is 5.16. The number of aryl methyl sites for hydroxylation is 1. The van der Waals surface area contributed by atoms with Gasteiger partial charge < -0.3 is 14.6 Å². The molecule has 0 aliphatic rings. The fraction of sp³-hybridized carbons (Fsp3) is 0.467. The van der Waals surface area contributed by atoms with Crippen LogP contribution in [0.25, 0.3) is 0 Å². The number of carbonyl (C=O) groups excluding carboxylic acids is 2. The summed E-state index contributed by atoms with van der Waals surface area (Å²) in [7, 11) is 0. The first kappa shape index (κ1) is 15.2. The Bertz CT molecular complexity index is 400. The van der Waals surface area contributed by atoms with Crippen molar-refractivity contribution in [2.45, 2.75) is 45.1 Å². The van der Waals surface area contributed by atoms with Gasteiger partial charge in [-0.1, -0.05) is 43.7 Å². The van der Waals surface area contributed by atoms with Gasteiger partial charge in [-0.2, -0.15) is 0 Å². The highest BCUT2D eigenvalue weighted by molar-refractivity contribution is 5.89. The van der Waals surface area contributed by atoms with Gasteiger partial charge in [0.1, 0.15) is 6.10 Å². The molecular formula is C15H19O4-. The molecule has 0 aromatic heterocycles. The van der Waals surface area contributed by atoms with E-state index in [0.717, 1.165) is 19.3 Å². The van der Waals surface area contributed by atoms with Crippen LogP contribution < -0.4 is 5.11 Å². The van der Waals surface area contributed by atoms with E-state index in [4.69, 9.17) is 4.74 Å². The zero-order valence-corrected chi connectivity index (χ0v) is 11.1. The Balaban J connectivity index is 2.44. The first-order chi connectivity index (χ1) is 9.11. The maximum Gasteiger partial charge on any atom is 0.311 e. The van der Waals surface area contributed by atoms with Gasteiger partial charge in [0.05, 0.1) is 12.4 Å². The second-order valence-corrected chi connectivity index (χ2v) is 4.47. The van der Waals surface area contributed by atoms with Gasteiger partial charge in [-0.3, -0.25) is 4.79 Å². The van der Waals surface area contributed by atoms with Crippen LogP contribution in [-0.4, -0.2) is 18.0 Å². The highest BCUT2D eigenvalue weighted by Gasteiger charge is 2.13. The lowest BCUT2D eigenvalue weighted by atomic mass is 10.0. The fourth-order valence-electron chi connectivity index (χ4n) is 1.90. The monoisotopic (exact) mass is 263 g/mol. The molecule has 1 aromatic carbocycles. The van der Waals surface area contributed by atoms with Crippen molar-refractivity contribution in [3.63, 3.8) is 0 Å².